The molecule has 1 amide bonds. The topological polar surface area (TPSA) is 175 Å². The van der Waals surface area contributed by atoms with Crippen molar-refractivity contribution in [1.82, 2.24) is 14.6 Å². The lowest BCUT2D eigenvalue weighted by Gasteiger charge is -2.23. The fourth-order valence-corrected chi connectivity index (χ4v) is 4.71. The van der Waals surface area contributed by atoms with Gasteiger partial charge >= 0.3 is 13.4 Å². The smallest absolute Gasteiger partial charge is 0.409 e. The van der Waals surface area contributed by atoms with Crippen LogP contribution >= 0.6 is 23.7 Å². The molecule has 1 aliphatic heterocycles. The lowest BCUT2D eigenvalue weighted by atomic mass is 10.2. The molecule has 1 saturated heterocycles. The number of amides is 1. The van der Waals surface area contributed by atoms with Crippen molar-refractivity contribution < 1.29 is 28.3 Å². The van der Waals surface area contributed by atoms with Crippen LogP contribution < -0.4 is 26.6 Å². The molecule has 0 aliphatic carbocycles. The second kappa shape index (κ2) is 11.3. The van der Waals surface area contributed by atoms with Gasteiger partial charge in [-0.25, -0.2) is 9.36 Å². The maximum atomic E-state index is 13.2. The molecule has 12 nitrogen and oxygen atoms in total. The Labute approximate surface area is 202 Å². The molecule has 184 valence electrons. The van der Waals surface area contributed by atoms with Crippen LogP contribution in [0.5, 0.6) is 5.75 Å². The average Bonchev–Trinajstić information content (AvgIpc) is 3.15. The molecule has 0 spiro atoms. The highest BCUT2D eigenvalue weighted by Gasteiger charge is 2.39. The Bertz CT molecular complexity index is 1200. The van der Waals surface area contributed by atoms with Crippen molar-refractivity contribution in [2.24, 2.45) is 5.73 Å². The minimum Gasteiger partial charge on any atom is -0.409 e. The van der Waals surface area contributed by atoms with Crippen LogP contribution in [0.3, 0.4) is 0 Å². The Balaban J connectivity index is 1.75. The number of H-pyrrole nitrogens is 1. The van der Waals surface area contributed by atoms with E-state index in [-0.39, 0.29) is 17.7 Å². The first kappa shape index (κ1) is 26.1. The summed E-state index contributed by atoms with van der Waals surface area (Å²) in [6, 6.07) is 7.06. The van der Waals surface area contributed by atoms with E-state index in [1.54, 1.807) is 18.2 Å². The number of halogens is 1. The van der Waals surface area contributed by atoms with Crippen LogP contribution in [0.25, 0.3) is 6.08 Å². The lowest BCUT2D eigenvalue weighted by molar-refractivity contribution is -0.120. The molecule has 1 unspecified atom stereocenters. The first-order valence-electron chi connectivity index (χ1n) is 10.1. The van der Waals surface area contributed by atoms with Crippen LogP contribution in [0, 0.1) is 0 Å². The molecule has 14 heteroatoms. The number of hydrogen-bond donors (Lipinski definition) is 4. The minimum absolute atomic E-state index is 0.00647. The maximum Gasteiger partial charge on any atom is 0.488 e. The monoisotopic (exact) mass is 558 g/mol. The van der Waals surface area contributed by atoms with Gasteiger partial charge in [-0.3, -0.25) is 28.8 Å². The summed E-state index contributed by atoms with van der Waals surface area (Å²) >= 11 is 3.07. The molecule has 1 aromatic heterocycles. The highest BCUT2D eigenvalue weighted by Crippen LogP contribution is 2.45. The Morgan fingerprint density at radius 1 is 1.44 bits per heavy atom. The number of carbonyl (C=O) groups is 1. The third-order valence-corrected chi connectivity index (χ3v) is 6.49. The molecule has 2 heterocycles. The van der Waals surface area contributed by atoms with Gasteiger partial charge in [0.15, 0.2) is 0 Å². The number of benzene rings is 1. The fraction of sp³-hybridized carbons (Fsp3) is 0.350. The second-order valence-corrected chi connectivity index (χ2v) is 9.63. The van der Waals surface area contributed by atoms with Crippen LogP contribution in [0.4, 0.5) is 0 Å². The molecule has 0 radical (unpaired) electrons. The predicted octanol–water partition coefficient (Wildman–Crippen LogP) is 1.22. The SMILES string of the molecule is C[C@H](N)C(=O)NP(=O)(OC[C@H]1O[C@@H](n2cc(C=CBr)c(=O)[nH]c2=O)C[C@@H]1O)Oc1ccccc1. The Morgan fingerprint density at radius 2 is 2.15 bits per heavy atom. The molecular weight excluding hydrogens is 535 g/mol. The van der Waals surface area contributed by atoms with Crippen molar-refractivity contribution in [3.63, 3.8) is 0 Å². The molecule has 1 aromatic carbocycles. The molecule has 1 aliphatic rings. The zero-order valence-corrected chi connectivity index (χ0v) is 20.5. The number of ether oxygens (including phenoxy) is 1. The van der Waals surface area contributed by atoms with Crippen LogP contribution in [-0.4, -0.2) is 45.4 Å². The van der Waals surface area contributed by atoms with Crippen LogP contribution in [0.1, 0.15) is 25.1 Å². The minimum atomic E-state index is -4.26. The zero-order chi connectivity index (χ0) is 24.9. The van der Waals surface area contributed by atoms with E-state index in [1.165, 1.54) is 36.3 Å². The summed E-state index contributed by atoms with van der Waals surface area (Å²) in [5, 5.41) is 12.6. The number of aromatic nitrogens is 2. The summed E-state index contributed by atoms with van der Waals surface area (Å²) in [6.45, 7) is 0.963. The largest absolute Gasteiger partial charge is 0.488 e. The Kier molecular flexibility index (Phi) is 8.63. The third-order valence-electron chi connectivity index (χ3n) is 4.79. The van der Waals surface area contributed by atoms with E-state index in [1.807, 2.05) is 0 Å². The molecule has 2 aromatic rings. The number of hydrogen-bond acceptors (Lipinski definition) is 9. The zero-order valence-electron chi connectivity index (χ0n) is 18.0. The van der Waals surface area contributed by atoms with Gasteiger partial charge in [0.05, 0.1) is 24.3 Å². The van der Waals surface area contributed by atoms with E-state index in [9.17, 15) is 24.1 Å². The van der Waals surface area contributed by atoms with Gasteiger partial charge in [-0.05, 0) is 30.1 Å². The van der Waals surface area contributed by atoms with Crippen molar-refractivity contribution in [2.75, 3.05) is 6.61 Å². The standard InChI is InChI=1S/C20H24BrN4O8P/c1-12(22)18(27)24-34(30,33-14-5-3-2-4-6-14)31-11-16-15(26)9-17(32-16)25-10-13(7-8-21)19(28)23-20(25)29/h2-8,10,12,15-17,26H,9,11,22H2,1H3,(H,23,28,29)(H,24,27,30)/t12-,15-,16+,17+,34?/m0/s1. The summed E-state index contributed by atoms with van der Waals surface area (Å²) in [5.74, 6) is -0.592. The lowest BCUT2D eigenvalue weighted by Crippen LogP contribution is -2.38. The summed E-state index contributed by atoms with van der Waals surface area (Å²) in [6.07, 6.45) is -0.311. The molecule has 34 heavy (non-hydrogen) atoms. The van der Waals surface area contributed by atoms with Gasteiger partial charge in [-0.2, -0.15) is 0 Å². The van der Waals surface area contributed by atoms with Gasteiger partial charge in [0.25, 0.3) is 5.56 Å². The van der Waals surface area contributed by atoms with Gasteiger partial charge in [-0.15, -0.1) is 0 Å². The number of para-hydroxylation sites is 1. The quantitative estimate of drug-likeness (QED) is 0.329. The Morgan fingerprint density at radius 3 is 2.79 bits per heavy atom. The summed E-state index contributed by atoms with van der Waals surface area (Å²) < 4.78 is 30.9. The number of aliphatic hydroxyl groups excluding tert-OH is 1. The number of nitrogens with one attached hydrogen (secondary N) is 2. The van der Waals surface area contributed by atoms with Crippen molar-refractivity contribution >= 4 is 35.7 Å². The molecule has 5 N–H and O–H groups in total. The number of carbonyl (C=O) groups excluding carboxylic acids is 1. The normalized spacial score (nSPS) is 22.9. The summed E-state index contributed by atoms with van der Waals surface area (Å²) in [7, 11) is -4.26. The summed E-state index contributed by atoms with van der Waals surface area (Å²) in [4.78, 5) is 39.8. The molecule has 5 atom stereocenters. The van der Waals surface area contributed by atoms with Crippen LogP contribution in [0.2, 0.25) is 0 Å². The molecule has 1 fully saturated rings. The van der Waals surface area contributed by atoms with Crippen LogP contribution in [-0.2, 0) is 18.6 Å². The van der Waals surface area contributed by atoms with Crippen molar-refractivity contribution in [1.29, 1.82) is 0 Å². The van der Waals surface area contributed by atoms with E-state index in [4.69, 9.17) is 19.5 Å². The molecule has 3 rings (SSSR count). The number of rotatable bonds is 9. The van der Waals surface area contributed by atoms with Gasteiger partial charge < -0.3 is 20.1 Å². The van der Waals surface area contributed by atoms with Gasteiger partial charge in [0.1, 0.15) is 18.1 Å². The third kappa shape index (κ3) is 6.53. The van der Waals surface area contributed by atoms with Gasteiger partial charge in [-0.1, -0.05) is 34.1 Å². The maximum absolute atomic E-state index is 13.2. The van der Waals surface area contributed by atoms with E-state index in [2.05, 4.69) is 26.0 Å². The van der Waals surface area contributed by atoms with Crippen molar-refractivity contribution in [2.45, 2.75) is 37.8 Å². The van der Waals surface area contributed by atoms with E-state index < -0.39 is 56.0 Å². The molecule has 0 bridgehead atoms. The van der Waals surface area contributed by atoms with E-state index in [0.29, 0.717) is 0 Å². The van der Waals surface area contributed by atoms with Crippen molar-refractivity contribution in [3.05, 3.63) is 67.9 Å². The summed E-state index contributed by atoms with van der Waals surface area (Å²) in [5.41, 5.74) is 4.42. The predicted molar refractivity (Wildman–Crippen MR) is 126 cm³/mol. The molecule has 0 saturated carbocycles. The van der Waals surface area contributed by atoms with Crippen molar-refractivity contribution in [3.8, 4) is 5.75 Å². The second-order valence-electron chi connectivity index (χ2n) is 7.44. The van der Waals surface area contributed by atoms with E-state index in [0.717, 1.165) is 4.57 Å². The first-order chi connectivity index (χ1) is 16.1. The van der Waals surface area contributed by atoms with E-state index >= 15 is 0 Å². The fourth-order valence-electron chi connectivity index (χ4n) is 3.05. The number of aliphatic hydroxyl groups is 1. The number of nitrogens with zero attached hydrogens (tertiary/aromatic N) is 1. The molecular formula is C20H24BrN4O8P. The number of aromatic amines is 1. The van der Waals surface area contributed by atoms with Gasteiger partial charge in [0.2, 0.25) is 5.91 Å². The van der Waals surface area contributed by atoms with Gasteiger partial charge in [0, 0.05) is 12.6 Å². The first-order valence-corrected chi connectivity index (χ1v) is 12.6. The highest BCUT2D eigenvalue weighted by molar-refractivity contribution is 9.11. The Hall–Kier alpha value is -2.54. The number of nitrogens with two attached hydrogens (primary N) is 1. The average molecular weight is 559 g/mol. The van der Waals surface area contributed by atoms with Crippen LogP contribution in [0.15, 0.2) is 51.1 Å². The highest BCUT2D eigenvalue weighted by atomic mass is 79.9.